The SMILES string of the molecule is C[C@@H]1Cc2ccccc2N1c1ncnc2c1cnn2C. The van der Waals surface area contributed by atoms with E-state index in [4.69, 9.17) is 0 Å². The van der Waals surface area contributed by atoms with Gasteiger partial charge in [0.1, 0.15) is 12.1 Å². The van der Waals surface area contributed by atoms with Gasteiger partial charge in [-0.2, -0.15) is 5.10 Å². The molecule has 5 heteroatoms. The number of fused-ring (bicyclic) bond motifs is 2. The van der Waals surface area contributed by atoms with Gasteiger partial charge in [0.25, 0.3) is 0 Å². The third kappa shape index (κ3) is 1.46. The largest absolute Gasteiger partial charge is 0.322 e. The molecule has 20 heavy (non-hydrogen) atoms. The lowest BCUT2D eigenvalue weighted by molar-refractivity contribution is 0.751. The number of para-hydroxylation sites is 1. The van der Waals surface area contributed by atoms with Crippen molar-refractivity contribution in [3.05, 3.63) is 42.4 Å². The minimum atomic E-state index is 0.394. The van der Waals surface area contributed by atoms with Crippen LogP contribution in [0.15, 0.2) is 36.8 Å². The summed E-state index contributed by atoms with van der Waals surface area (Å²) in [5.74, 6) is 0.945. The third-order valence-corrected chi connectivity index (χ3v) is 3.94. The molecule has 1 aliphatic heterocycles. The Morgan fingerprint density at radius 3 is 2.95 bits per heavy atom. The highest BCUT2D eigenvalue weighted by molar-refractivity contribution is 5.90. The Balaban J connectivity index is 1.96. The predicted molar refractivity (Wildman–Crippen MR) is 78.1 cm³/mol. The minimum absolute atomic E-state index is 0.394. The minimum Gasteiger partial charge on any atom is -0.322 e. The molecular formula is C15H15N5. The first-order chi connectivity index (χ1) is 9.75. The number of aromatic nitrogens is 4. The van der Waals surface area contributed by atoms with Crippen LogP contribution in [-0.4, -0.2) is 25.8 Å². The number of hydrogen-bond acceptors (Lipinski definition) is 4. The zero-order valence-corrected chi connectivity index (χ0v) is 11.5. The molecule has 0 amide bonds. The van der Waals surface area contributed by atoms with Gasteiger partial charge in [-0.15, -0.1) is 0 Å². The molecule has 0 bridgehead atoms. The van der Waals surface area contributed by atoms with Crippen LogP contribution in [0.5, 0.6) is 0 Å². The second kappa shape index (κ2) is 4.03. The summed E-state index contributed by atoms with van der Waals surface area (Å²) >= 11 is 0. The number of aryl methyl sites for hydroxylation is 1. The second-order valence-corrected chi connectivity index (χ2v) is 5.25. The molecule has 1 atom stereocenters. The molecule has 3 aromatic rings. The molecule has 1 aliphatic rings. The summed E-state index contributed by atoms with van der Waals surface area (Å²) in [5.41, 5.74) is 3.48. The van der Waals surface area contributed by atoms with Crippen LogP contribution in [0.2, 0.25) is 0 Å². The summed E-state index contributed by atoms with van der Waals surface area (Å²) in [6.07, 6.45) is 4.51. The lowest BCUT2D eigenvalue weighted by Gasteiger charge is -2.24. The number of anilines is 2. The third-order valence-electron chi connectivity index (χ3n) is 3.94. The van der Waals surface area contributed by atoms with Gasteiger partial charge in [0, 0.05) is 18.8 Å². The van der Waals surface area contributed by atoms with Crippen molar-refractivity contribution in [2.75, 3.05) is 4.90 Å². The highest BCUT2D eigenvalue weighted by Gasteiger charge is 2.29. The van der Waals surface area contributed by atoms with Gasteiger partial charge in [0.2, 0.25) is 0 Å². The van der Waals surface area contributed by atoms with Gasteiger partial charge < -0.3 is 4.90 Å². The van der Waals surface area contributed by atoms with Crippen LogP contribution in [-0.2, 0) is 13.5 Å². The van der Waals surface area contributed by atoms with Crippen LogP contribution < -0.4 is 4.90 Å². The maximum absolute atomic E-state index is 4.51. The average molecular weight is 265 g/mol. The topological polar surface area (TPSA) is 46.8 Å². The summed E-state index contributed by atoms with van der Waals surface area (Å²) in [5, 5.41) is 5.29. The first-order valence-electron chi connectivity index (χ1n) is 6.75. The van der Waals surface area contributed by atoms with E-state index >= 15 is 0 Å². The van der Waals surface area contributed by atoms with Crippen molar-refractivity contribution in [2.45, 2.75) is 19.4 Å². The monoisotopic (exact) mass is 265 g/mol. The van der Waals surface area contributed by atoms with Crippen LogP contribution in [0.25, 0.3) is 11.0 Å². The van der Waals surface area contributed by atoms with Gasteiger partial charge >= 0.3 is 0 Å². The number of rotatable bonds is 1. The molecule has 1 aromatic carbocycles. The summed E-state index contributed by atoms with van der Waals surface area (Å²) in [6, 6.07) is 8.90. The molecular weight excluding hydrogens is 250 g/mol. The van der Waals surface area contributed by atoms with Gasteiger partial charge in [0.15, 0.2) is 5.65 Å². The van der Waals surface area contributed by atoms with Crippen molar-refractivity contribution < 1.29 is 0 Å². The van der Waals surface area contributed by atoms with Crippen molar-refractivity contribution in [2.24, 2.45) is 7.05 Å². The van der Waals surface area contributed by atoms with Crippen LogP contribution >= 0.6 is 0 Å². The van der Waals surface area contributed by atoms with Crippen molar-refractivity contribution in [3.63, 3.8) is 0 Å². The molecule has 0 spiro atoms. The van der Waals surface area contributed by atoms with E-state index in [0.717, 1.165) is 23.3 Å². The normalized spacial score (nSPS) is 17.7. The van der Waals surface area contributed by atoms with Crippen LogP contribution in [0.3, 0.4) is 0 Å². The number of hydrogen-bond donors (Lipinski definition) is 0. The van der Waals surface area contributed by atoms with Crippen LogP contribution in [0.1, 0.15) is 12.5 Å². The molecule has 100 valence electrons. The van der Waals surface area contributed by atoms with E-state index in [1.165, 1.54) is 11.3 Å². The Morgan fingerprint density at radius 1 is 1.20 bits per heavy atom. The van der Waals surface area contributed by atoms with Gasteiger partial charge in [-0.3, -0.25) is 4.68 Å². The Morgan fingerprint density at radius 2 is 2.05 bits per heavy atom. The van der Waals surface area contributed by atoms with E-state index in [-0.39, 0.29) is 0 Å². The summed E-state index contributed by atoms with van der Waals surface area (Å²) in [4.78, 5) is 11.1. The maximum atomic E-state index is 4.51. The predicted octanol–water partition coefficient (Wildman–Crippen LogP) is 2.45. The van der Waals surface area contributed by atoms with Crippen LogP contribution in [0.4, 0.5) is 11.5 Å². The molecule has 0 N–H and O–H groups in total. The molecule has 5 nitrogen and oxygen atoms in total. The molecule has 0 radical (unpaired) electrons. The first kappa shape index (κ1) is 11.4. The Kier molecular flexibility index (Phi) is 2.30. The van der Waals surface area contributed by atoms with E-state index in [2.05, 4.69) is 51.2 Å². The van der Waals surface area contributed by atoms with Gasteiger partial charge in [-0.25, -0.2) is 9.97 Å². The number of nitrogens with zero attached hydrogens (tertiary/aromatic N) is 5. The van der Waals surface area contributed by atoms with Crippen molar-refractivity contribution in [3.8, 4) is 0 Å². The Hall–Kier alpha value is -2.43. The van der Waals surface area contributed by atoms with Gasteiger partial charge in [-0.05, 0) is 25.0 Å². The quantitative estimate of drug-likeness (QED) is 0.678. The molecule has 3 heterocycles. The lowest BCUT2D eigenvalue weighted by atomic mass is 10.1. The molecule has 2 aromatic heterocycles. The summed E-state index contributed by atoms with van der Waals surface area (Å²) in [7, 11) is 1.90. The zero-order chi connectivity index (χ0) is 13.7. The fraction of sp³-hybridized carbons (Fsp3) is 0.267. The molecule has 0 unspecified atom stereocenters. The smallest absolute Gasteiger partial charge is 0.163 e. The molecule has 4 rings (SSSR count). The second-order valence-electron chi connectivity index (χ2n) is 5.25. The highest BCUT2D eigenvalue weighted by Crippen LogP contribution is 2.39. The van der Waals surface area contributed by atoms with Crippen molar-refractivity contribution in [1.82, 2.24) is 19.7 Å². The van der Waals surface area contributed by atoms with E-state index < -0.39 is 0 Å². The summed E-state index contributed by atoms with van der Waals surface area (Å²) in [6.45, 7) is 2.23. The fourth-order valence-electron chi connectivity index (χ4n) is 3.03. The van der Waals surface area contributed by atoms with E-state index in [1.807, 2.05) is 13.2 Å². The molecule has 0 fully saturated rings. The number of benzene rings is 1. The standard InChI is InChI=1S/C15H15N5/c1-10-7-11-5-3-4-6-13(11)20(10)15-12-8-18-19(2)14(12)16-9-17-15/h3-6,8-10H,7H2,1-2H3/t10-/m1/s1. The van der Waals surface area contributed by atoms with Gasteiger partial charge in [0.05, 0.1) is 11.6 Å². The maximum Gasteiger partial charge on any atom is 0.163 e. The Labute approximate surface area is 116 Å². The molecule has 0 saturated carbocycles. The summed E-state index contributed by atoms with van der Waals surface area (Å²) < 4.78 is 1.78. The van der Waals surface area contributed by atoms with Crippen molar-refractivity contribution in [1.29, 1.82) is 0 Å². The van der Waals surface area contributed by atoms with E-state index in [0.29, 0.717) is 6.04 Å². The van der Waals surface area contributed by atoms with Gasteiger partial charge in [-0.1, -0.05) is 18.2 Å². The average Bonchev–Trinajstić information content (AvgIpc) is 2.99. The zero-order valence-electron chi connectivity index (χ0n) is 11.5. The Bertz CT molecular complexity index is 792. The van der Waals surface area contributed by atoms with Crippen LogP contribution in [0, 0.1) is 0 Å². The van der Waals surface area contributed by atoms with Crippen molar-refractivity contribution >= 4 is 22.5 Å². The fourth-order valence-corrected chi connectivity index (χ4v) is 3.03. The first-order valence-corrected chi connectivity index (χ1v) is 6.75. The lowest BCUT2D eigenvalue weighted by Crippen LogP contribution is -2.25. The molecule has 0 aliphatic carbocycles. The van der Waals surface area contributed by atoms with E-state index in [1.54, 1.807) is 11.0 Å². The highest BCUT2D eigenvalue weighted by atomic mass is 15.3. The van der Waals surface area contributed by atoms with E-state index in [9.17, 15) is 0 Å². The molecule has 0 saturated heterocycles.